The highest BCUT2D eigenvalue weighted by Crippen LogP contribution is 2.47. The van der Waals surface area contributed by atoms with E-state index in [1.54, 1.807) is 0 Å². The SMILES string of the molecule is C[C@H](OC(=O)[C@@H]1CS[C@@]2(C)CCC(=O)N12)C(=O)Nc1c(F)cccc1F. The quantitative estimate of drug-likeness (QED) is 0.806. The van der Waals surface area contributed by atoms with Crippen LogP contribution in [0.25, 0.3) is 0 Å². The minimum atomic E-state index is -1.27. The van der Waals surface area contributed by atoms with Crippen molar-refractivity contribution in [2.75, 3.05) is 11.1 Å². The van der Waals surface area contributed by atoms with Gasteiger partial charge < -0.3 is 15.0 Å². The molecule has 26 heavy (non-hydrogen) atoms. The second-order valence-electron chi connectivity index (χ2n) is 6.43. The van der Waals surface area contributed by atoms with E-state index in [1.165, 1.54) is 29.7 Å². The van der Waals surface area contributed by atoms with Crippen molar-refractivity contribution in [1.82, 2.24) is 4.90 Å². The third-order valence-corrected chi connectivity index (χ3v) is 6.10. The van der Waals surface area contributed by atoms with E-state index in [1.807, 2.05) is 6.92 Å². The molecule has 140 valence electrons. The van der Waals surface area contributed by atoms with Crippen LogP contribution in [0.4, 0.5) is 14.5 Å². The normalized spacial score (nSPS) is 25.8. The van der Waals surface area contributed by atoms with Gasteiger partial charge in [0.25, 0.3) is 5.91 Å². The van der Waals surface area contributed by atoms with Gasteiger partial charge in [-0.25, -0.2) is 13.6 Å². The van der Waals surface area contributed by atoms with Crippen LogP contribution in [0.5, 0.6) is 0 Å². The summed E-state index contributed by atoms with van der Waals surface area (Å²) in [6, 6.07) is 2.42. The van der Waals surface area contributed by atoms with Crippen molar-refractivity contribution in [2.45, 2.75) is 43.7 Å². The number of halogens is 2. The van der Waals surface area contributed by atoms with Crippen LogP contribution in [0, 0.1) is 11.6 Å². The summed E-state index contributed by atoms with van der Waals surface area (Å²) >= 11 is 1.50. The van der Waals surface area contributed by atoms with Crippen LogP contribution in [0.15, 0.2) is 18.2 Å². The third-order valence-electron chi connectivity index (χ3n) is 4.59. The Balaban J connectivity index is 1.64. The highest BCUT2D eigenvalue weighted by molar-refractivity contribution is 8.01. The maximum absolute atomic E-state index is 13.6. The Morgan fingerprint density at radius 2 is 2.04 bits per heavy atom. The predicted octanol–water partition coefficient (Wildman–Crippen LogP) is 2.29. The van der Waals surface area contributed by atoms with Gasteiger partial charge in [-0.3, -0.25) is 9.59 Å². The van der Waals surface area contributed by atoms with Gasteiger partial charge in [0, 0.05) is 12.2 Å². The number of nitrogens with one attached hydrogen (secondary N) is 1. The van der Waals surface area contributed by atoms with Crippen LogP contribution >= 0.6 is 11.8 Å². The highest BCUT2D eigenvalue weighted by Gasteiger charge is 2.53. The van der Waals surface area contributed by atoms with Gasteiger partial charge in [-0.1, -0.05) is 6.07 Å². The second kappa shape index (κ2) is 6.86. The Bertz CT molecular complexity index is 755. The maximum Gasteiger partial charge on any atom is 0.330 e. The first-order chi connectivity index (χ1) is 12.2. The van der Waals surface area contributed by atoms with E-state index in [-0.39, 0.29) is 5.91 Å². The van der Waals surface area contributed by atoms with E-state index in [0.29, 0.717) is 18.6 Å². The van der Waals surface area contributed by atoms with Crippen LogP contribution < -0.4 is 5.32 Å². The Labute approximate surface area is 153 Å². The summed E-state index contributed by atoms with van der Waals surface area (Å²) in [6.07, 6.45) is -0.241. The van der Waals surface area contributed by atoms with Crippen molar-refractivity contribution >= 4 is 35.2 Å². The maximum atomic E-state index is 13.6. The number of hydrogen-bond acceptors (Lipinski definition) is 5. The molecule has 2 aliphatic rings. The number of amides is 2. The second-order valence-corrected chi connectivity index (χ2v) is 7.93. The van der Waals surface area contributed by atoms with E-state index in [9.17, 15) is 23.2 Å². The summed E-state index contributed by atoms with van der Waals surface area (Å²) in [5, 5.41) is 2.08. The van der Waals surface area contributed by atoms with Crippen LogP contribution in [0.1, 0.15) is 26.7 Å². The molecule has 0 saturated carbocycles. The molecule has 0 unspecified atom stereocenters. The van der Waals surface area contributed by atoms with Gasteiger partial charge in [0.1, 0.15) is 23.4 Å². The topological polar surface area (TPSA) is 75.7 Å². The Kier molecular flexibility index (Phi) is 4.92. The number of para-hydroxylation sites is 1. The minimum absolute atomic E-state index is 0.120. The Morgan fingerprint density at radius 1 is 1.38 bits per heavy atom. The monoisotopic (exact) mass is 384 g/mol. The summed E-state index contributed by atoms with van der Waals surface area (Å²) < 4.78 is 32.4. The molecule has 6 nitrogen and oxygen atoms in total. The number of nitrogens with zero attached hydrogens (tertiary/aromatic N) is 1. The summed E-state index contributed by atoms with van der Waals surface area (Å²) in [4.78, 5) is 37.7. The van der Waals surface area contributed by atoms with Crippen LogP contribution in [-0.4, -0.2) is 45.5 Å². The first kappa shape index (κ1) is 18.6. The molecule has 0 spiro atoms. The van der Waals surface area contributed by atoms with E-state index in [4.69, 9.17) is 4.74 Å². The molecule has 1 N–H and O–H groups in total. The molecule has 2 aliphatic heterocycles. The lowest BCUT2D eigenvalue weighted by molar-refractivity contribution is -0.160. The van der Waals surface area contributed by atoms with Crippen molar-refractivity contribution in [3.63, 3.8) is 0 Å². The molecule has 2 heterocycles. The number of carbonyl (C=O) groups excluding carboxylic acids is 3. The molecular weight excluding hydrogens is 366 g/mol. The molecule has 1 aromatic rings. The van der Waals surface area contributed by atoms with Gasteiger partial charge in [0.2, 0.25) is 5.91 Å². The number of ether oxygens (including phenoxy) is 1. The third kappa shape index (κ3) is 3.27. The molecule has 2 amide bonds. The molecule has 2 saturated heterocycles. The Hall–Kier alpha value is -2.16. The van der Waals surface area contributed by atoms with E-state index < -0.39 is 46.2 Å². The first-order valence-corrected chi connectivity index (χ1v) is 9.13. The lowest BCUT2D eigenvalue weighted by Gasteiger charge is -2.29. The fourth-order valence-electron chi connectivity index (χ4n) is 3.14. The number of benzene rings is 1. The first-order valence-electron chi connectivity index (χ1n) is 8.14. The fourth-order valence-corrected chi connectivity index (χ4v) is 4.56. The number of hydrogen-bond donors (Lipinski definition) is 1. The summed E-state index contributed by atoms with van der Waals surface area (Å²) in [5.74, 6) is -3.15. The summed E-state index contributed by atoms with van der Waals surface area (Å²) in [7, 11) is 0. The molecule has 0 radical (unpaired) electrons. The molecule has 9 heteroatoms. The summed E-state index contributed by atoms with van der Waals surface area (Å²) in [5.41, 5.74) is -0.598. The van der Waals surface area contributed by atoms with E-state index in [0.717, 1.165) is 12.1 Å². The van der Waals surface area contributed by atoms with Gasteiger partial charge in [-0.05, 0) is 32.4 Å². The molecule has 1 aromatic carbocycles. The fraction of sp³-hybridized carbons (Fsp3) is 0.471. The van der Waals surface area contributed by atoms with Crippen molar-refractivity contribution < 1.29 is 27.9 Å². The molecule has 0 aliphatic carbocycles. The largest absolute Gasteiger partial charge is 0.451 e. The van der Waals surface area contributed by atoms with E-state index in [2.05, 4.69) is 5.32 Å². The number of rotatable bonds is 4. The van der Waals surface area contributed by atoms with Gasteiger partial charge in [0.15, 0.2) is 6.10 Å². The molecule has 3 atom stereocenters. The predicted molar refractivity (Wildman–Crippen MR) is 91.3 cm³/mol. The number of esters is 1. The lowest BCUT2D eigenvalue weighted by atomic mass is 10.2. The summed E-state index contributed by atoms with van der Waals surface area (Å²) in [6.45, 7) is 3.20. The van der Waals surface area contributed by atoms with Gasteiger partial charge in [-0.15, -0.1) is 11.8 Å². The average molecular weight is 384 g/mol. The average Bonchev–Trinajstić information content (AvgIpc) is 3.07. The number of carbonyl (C=O) groups is 3. The van der Waals surface area contributed by atoms with Gasteiger partial charge in [-0.2, -0.15) is 0 Å². The minimum Gasteiger partial charge on any atom is -0.451 e. The molecule has 0 bridgehead atoms. The van der Waals surface area contributed by atoms with E-state index >= 15 is 0 Å². The number of thioether (sulfide) groups is 1. The standard InChI is InChI=1S/C17H18F2N2O4S/c1-9(15(23)20-14-10(18)4-3-5-11(14)19)25-16(24)12-8-26-17(2)7-6-13(22)21(12)17/h3-5,9,12H,6-8H2,1-2H3,(H,20,23)/t9-,12-,17-/m0/s1. The van der Waals surface area contributed by atoms with Gasteiger partial charge in [0.05, 0.1) is 4.87 Å². The lowest BCUT2D eigenvalue weighted by Crippen LogP contribution is -2.48. The smallest absolute Gasteiger partial charge is 0.330 e. The van der Waals surface area contributed by atoms with Crippen LogP contribution in [0.3, 0.4) is 0 Å². The molecule has 3 rings (SSSR count). The number of anilines is 1. The zero-order chi connectivity index (χ0) is 19.1. The number of fused-ring (bicyclic) bond motifs is 1. The van der Waals surface area contributed by atoms with Crippen molar-refractivity contribution in [3.05, 3.63) is 29.8 Å². The van der Waals surface area contributed by atoms with Crippen molar-refractivity contribution in [2.24, 2.45) is 0 Å². The zero-order valence-corrected chi connectivity index (χ0v) is 15.1. The zero-order valence-electron chi connectivity index (χ0n) is 14.3. The van der Waals surface area contributed by atoms with Crippen LogP contribution in [0.2, 0.25) is 0 Å². The molecule has 0 aromatic heterocycles. The molecular formula is C17H18F2N2O4S. The van der Waals surface area contributed by atoms with Crippen LogP contribution in [-0.2, 0) is 19.1 Å². The van der Waals surface area contributed by atoms with Crippen molar-refractivity contribution in [3.8, 4) is 0 Å². The van der Waals surface area contributed by atoms with Crippen molar-refractivity contribution in [1.29, 1.82) is 0 Å². The van der Waals surface area contributed by atoms with Gasteiger partial charge >= 0.3 is 5.97 Å². The highest BCUT2D eigenvalue weighted by atomic mass is 32.2. The Morgan fingerprint density at radius 3 is 2.69 bits per heavy atom. The molecule has 2 fully saturated rings.